The highest BCUT2D eigenvalue weighted by Gasteiger charge is 2.46. The molecule has 0 saturated heterocycles. The molecule has 0 aromatic rings. The van der Waals surface area contributed by atoms with Gasteiger partial charge in [-0.25, -0.2) is 19.6 Å². The van der Waals surface area contributed by atoms with Crippen molar-refractivity contribution in [1.82, 2.24) is 20.9 Å². The first kappa shape index (κ1) is 69.1. The molecule has 2 heterocycles. The molecule has 32 nitrogen and oxygen atoms in total. The zero-order valence-corrected chi connectivity index (χ0v) is 44.9. The number of carbonyl (C=O) groups is 6. The standard InChI is InChI=1S/C47H82N10O22/c1-4-10-70-16-18-74-20-21-75-19-17-71-11-5-38(65)57(8-14-72-12-6-52-36(63)26-76-41(32(61)24-58)40-28(2)30(55-46(48)49)22-34(78-40)44(66)67)9-15-73-13-7-53-37(64)27-77-42(33(62)25-59)43-39(54-29(3)60)31(56-47(50)51)23-35(79-43)45(68)69/h22-23,28,30-33,39-43,58-59,61-62H,4-21,24-27H2,1-3H3,(H,52,63)(H,53,64)(H,54,60)(H,66,67)(H,68,69)(H4,48,49,55)(H4,50,51,56)/t28-,30+,31+,32-,33-,39-,40-,41-,42-,43-/m1/s1. The van der Waals surface area contributed by atoms with Crippen LogP contribution in [0.2, 0.25) is 0 Å². The van der Waals surface area contributed by atoms with E-state index in [1.54, 1.807) is 6.92 Å². The van der Waals surface area contributed by atoms with Gasteiger partial charge >= 0.3 is 11.9 Å². The number of hydrogen-bond donors (Lipinski definition) is 13. The highest BCUT2D eigenvalue weighted by molar-refractivity contribution is 5.86. The maximum absolute atomic E-state index is 13.3. The highest BCUT2D eigenvalue weighted by Crippen LogP contribution is 2.31. The molecular formula is C47H82N10O22. The number of ether oxygens (including phenoxy) is 10. The van der Waals surface area contributed by atoms with Gasteiger partial charge in [0, 0.05) is 45.6 Å². The number of carbonyl (C=O) groups excluding carboxylic acids is 4. The van der Waals surface area contributed by atoms with Gasteiger partial charge in [-0.1, -0.05) is 13.8 Å². The van der Waals surface area contributed by atoms with Gasteiger partial charge in [0.05, 0.1) is 110 Å². The van der Waals surface area contributed by atoms with Gasteiger partial charge in [0.25, 0.3) is 0 Å². The van der Waals surface area contributed by atoms with Gasteiger partial charge in [-0.05, 0) is 18.6 Å². The molecule has 2 aliphatic heterocycles. The van der Waals surface area contributed by atoms with Gasteiger partial charge in [0.15, 0.2) is 18.0 Å². The van der Waals surface area contributed by atoms with E-state index in [-0.39, 0.29) is 90.7 Å². The Morgan fingerprint density at radius 3 is 1.49 bits per heavy atom. The van der Waals surface area contributed by atoms with E-state index in [9.17, 15) is 59.4 Å². The Morgan fingerprint density at radius 1 is 0.633 bits per heavy atom. The topological polar surface area (TPSA) is 484 Å². The Morgan fingerprint density at radius 2 is 1.05 bits per heavy atom. The minimum absolute atomic E-state index is 0.00122. The number of aliphatic hydroxyl groups is 4. The fourth-order valence-electron chi connectivity index (χ4n) is 7.57. The van der Waals surface area contributed by atoms with Crippen molar-refractivity contribution in [2.24, 2.45) is 38.8 Å². The van der Waals surface area contributed by atoms with Crippen LogP contribution in [0.15, 0.2) is 33.7 Å². The first-order chi connectivity index (χ1) is 37.7. The summed E-state index contributed by atoms with van der Waals surface area (Å²) in [5.74, 6) is -7.87. The number of carboxylic acid groups (broad SMARTS) is 2. The van der Waals surface area contributed by atoms with Crippen molar-refractivity contribution < 1.29 is 107 Å². The van der Waals surface area contributed by atoms with Crippen molar-refractivity contribution in [3.8, 4) is 0 Å². The van der Waals surface area contributed by atoms with Crippen LogP contribution in [-0.4, -0.2) is 270 Å². The molecule has 2 aliphatic rings. The average Bonchev–Trinajstić information content (AvgIpc) is 3.41. The van der Waals surface area contributed by atoms with Gasteiger partial charge in [0.2, 0.25) is 35.1 Å². The van der Waals surface area contributed by atoms with Crippen LogP contribution in [0, 0.1) is 5.92 Å². The molecule has 0 aromatic heterocycles. The number of nitrogens with zero attached hydrogens (tertiary/aromatic N) is 3. The van der Waals surface area contributed by atoms with E-state index in [4.69, 9.17) is 70.3 Å². The summed E-state index contributed by atoms with van der Waals surface area (Å²) in [6.07, 6.45) is -5.87. The number of aliphatic carboxylic acids is 2. The second-order valence-electron chi connectivity index (χ2n) is 17.6. The first-order valence-electron chi connectivity index (χ1n) is 25.5. The maximum atomic E-state index is 13.3. The fraction of sp³-hybridized carbons (Fsp3) is 0.745. The molecule has 452 valence electrons. The van der Waals surface area contributed by atoms with Gasteiger partial charge in [0.1, 0.15) is 43.7 Å². The highest BCUT2D eigenvalue weighted by atomic mass is 16.6. The van der Waals surface area contributed by atoms with Crippen LogP contribution in [0.3, 0.4) is 0 Å². The van der Waals surface area contributed by atoms with Crippen LogP contribution in [0.5, 0.6) is 0 Å². The molecule has 4 amide bonds. The summed E-state index contributed by atoms with van der Waals surface area (Å²) in [6, 6.07) is -3.32. The second kappa shape index (κ2) is 39.3. The lowest BCUT2D eigenvalue weighted by atomic mass is 9.87. The number of nitrogens with two attached hydrogens (primary N) is 4. The Balaban J connectivity index is 1.94. The van der Waals surface area contributed by atoms with Crippen LogP contribution in [-0.2, 0) is 76.1 Å². The molecule has 0 fully saturated rings. The molecule has 10 atom stereocenters. The van der Waals surface area contributed by atoms with Gasteiger partial charge in [-0.3, -0.25) is 19.2 Å². The SMILES string of the molecule is CCCOCCOCCOCCOCCC(=O)N(CCOCCNC(=O)CO[C@@H]([C@@H]1OC(C(=O)O)=C[C@H](N=C(N)N)[C@H]1C)[C@H](O)CO)CCOCCNC(=O)CO[C@@H]([C@@H]1OC(C(=O)O)=C[C@H](N=C(N)N)[C@H]1NC(C)=O)[C@H](O)CO. The smallest absolute Gasteiger partial charge is 0.370 e. The predicted molar refractivity (Wildman–Crippen MR) is 275 cm³/mol. The van der Waals surface area contributed by atoms with Crippen molar-refractivity contribution in [3.05, 3.63) is 23.7 Å². The quantitative estimate of drug-likeness (QED) is 0.0153. The first-order valence-corrected chi connectivity index (χ1v) is 25.5. The van der Waals surface area contributed by atoms with Crippen molar-refractivity contribution in [2.45, 2.75) is 88.4 Å². The molecule has 0 bridgehead atoms. The molecule has 0 aliphatic carbocycles. The van der Waals surface area contributed by atoms with Crippen molar-refractivity contribution in [3.63, 3.8) is 0 Å². The minimum atomic E-state index is -1.74. The van der Waals surface area contributed by atoms with Gasteiger partial charge in [-0.15, -0.1) is 0 Å². The molecule has 0 spiro atoms. The number of guanidine groups is 2. The number of carboxylic acids is 2. The largest absolute Gasteiger partial charge is 0.480 e. The van der Waals surface area contributed by atoms with E-state index in [0.29, 0.717) is 33.0 Å². The van der Waals surface area contributed by atoms with Gasteiger partial charge in [-0.2, -0.15) is 0 Å². The Bertz CT molecular complexity index is 1980. The number of hydrogen-bond acceptors (Lipinski definition) is 22. The van der Waals surface area contributed by atoms with Crippen LogP contribution >= 0.6 is 0 Å². The lowest BCUT2D eigenvalue weighted by molar-refractivity contribution is -0.160. The molecule has 2 rings (SSSR count). The maximum Gasteiger partial charge on any atom is 0.370 e. The van der Waals surface area contributed by atoms with E-state index in [1.807, 2.05) is 6.92 Å². The molecule has 17 N–H and O–H groups in total. The average molecular weight is 1140 g/mol. The Kier molecular flexibility index (Phi) is 34.4. The van der Waals surface area contributed by atoms with Crippen molar-refractivity contribution >= 4 is 47.5 Å². The summed E-state index contributed by atoms with van der Waals surface area (Å²) in [7, 11) is 0. The zero-order chi connectivity index (χ0) is 58.7. The number of amides is 4. The Hall–Kier alpha value is -6.04. The van der Waals surface area contributed by atoms with Crippen LogP contribution in [0.4, 0.5) is 0 Å². The zero-order valence-electron chi connectivity index (χ0n) is 44.9. The normalized spacial score (nSPS) is 20.3. The summed E-state index contributed by atoms with van der Waals surface area (Å²) in [5, 5.41) is 67.7. The third-order valence-corrected chi connectivity index (χ3v) is 11.4. The third-order valence-electron chi connectivity index (χ3n) is 11.4. The fourth-order valence-corrected chi connectivity index (χ4v) is 7.57. The van der Waals surface area contributed by atoms with Crippen molar-refractivity contribution in [2.75, 3.05) is 132 Å². The summed E-state index contributed by atoms with van der Waals surface area (Å²) in [5.41, 5.74) is 22.1. The number of aliphatic imine (C=N–C) groups is 2. The molecular weight excluding hydrogens is 1060 g/mol. The molecule has 0 aromatic carbocycles. The monoisotopic (exact) mass is 1140 g/mol. The van der Waals surface area contributed by atoms with Crippen molar-refractivity contribution in [1.29, 1.82) is 0 Å². The molecule has 32 heteroatoms. The van der Waals surface area contributed by atoms with Crippen LogP contribution in [0.25, 0.3) is 0 Å². The van der Waals surface area contributed by atoms with Gasteiger partial charge < -0.3 is 122 Å². The Labute approximate surface area is 457 Å². The molecule has 0 unspecified atom stereocenters. The number of aliphatic hydroxyl groups excluding tert-OH is 4. The summed E-state index contributed by atoms with van der Waals surface area (Å²) in [6.45, 7) is 4.77. The van der Waals surface area contributed by atoms with E-state index in [0.717, 1.165) is 19.4 Å². The van der Waals surface area contributed by atoms with E-state index < -0.39 is 134 Å². The third kappa shape index (κ3) is 27.6. The summed E-state index contributed by atoms with van der Waals surface area (Å²) >= 11 is 0. The summed E-state index contributed by atoms with van der Waals surface area (Å²) in [4.78, 5) is 84.2. The van der Waals surface area contributed by atoms with E-state index in [1.165, 1.54) is 11.0 Å². The predicted octanol–water partition coefficient (Wildman–Crippen LogP) is -6.42. The van der Waals surface area contributed by atoms with Crippen LogP contribution in [0.1, 0.15) is 33.6 Å². The van der Waals surface area contributed by atoms with E-state index >= 15 is 0 Å². The molecule has 0 radical (unpaired) electrons. The molecule has 79 heavy (non-hydrogen) atoms. The lowest BCUT2D eigenvalue weighted by Crippen LogP contribution is -2.60. The van der Waals surface area contributed by atoms with E-state index in [2.05, 4.69) is 25.9 Å². The number of nitrogens with one attached hydrogen (secondary N) is 3. The summed E-state index contributed by atoms with van der Waals surface area (Å²) < 4.78 is 55.7. The van der Waals surface area contributed by atoms with Crippen LogP contribution < -0.4 is 38.9 Å². The molecule has 0 saturated carbocycles. The second-order valence-corrected chi connectivity index (χ2v) is 17.6. The minimum Gasteiger partial charge on any atom is -0.480 e. The number of rotatable bonds is 43. The lowest BCUT2D eigenvalue weighted by Gasteiger charge is -2.40.